The molecule has 0 radical (unpaired) electrons. The zero-order chi connectivity index (χ0) is 11.3. The minimum Gasteiger partial charge on any atom is -0.480 e. The normalized spacial score (nSPS) is 40.2. The van der Waals surface area contributed by atoms with Crippen molar-refractivity contribution in [3.63, 3.8) is 0 Å². The fraction of sp³-hybridized carbons (Fsp3) is 0.917. The number of carboxylic acids is 1. The zero-order valence-corrected chi connectivity index (χ0v) is 9.78. The molecule has 90 valence electrons. The second-order valence-electron chi connectivity index (χ2n) is 5.76. The first-order chi connectivity index (χ1) is 7.61. The maximum Gasteiger partial charge on any atom is 0.325 e. The molecule has 16 heavy (non-hydrogen) atoms. The number of aliphatic carboxylic acids is 1. The molecule has 2 N–H and O–H groups in total. The summed E-state index contributed by atoms with van der Waals surface area (Å²) in [6, 6.07) is 1.54. The molecule has 0 aromatic carbocycles. The molecule has 0 spiro atoms. The van der Waals surface area contributed by atoms with Crippen LogP contribution in [0.25, 0.3) is 0 Å². The van der Waals surface area contributed by atoms with E-state index >= 15 is 0 Å². The van der Waals surface area contributed by atoms with E-state index in [9.17, 15) is 9.90 Å². The molecule has 4 heteroatoms. The van der Waals surface area contributed by atoms with Gasteiger partial charge in [0, 0.05) is 24.7 Å². The van der Waals surface area contributed by atoms with Gasteiger partial charge in [0.05, 0.1) is 0 Å². The molecule has 4 nitrogen and oxygen atoms in total. The Kier molecular flexibility index (Phi) is 2.27. The van der Waals surface area contributed by atoms with Gasteiger partial charge in [-0.3, -0.25) is 15.0 Å². The molecule has 2 unspecified atom stereocenters. The number of rotatable bonds is 4. The Morgan fingerprint density at radius 1 is 1.38 bits per heavy atom. The molecule has 2 atom stereocenters. The van der Waals surface area contributed by atoms with Gasteiger partial charge in [-0.2, -0.15) is 0 Å². The number of hydrogen-bond donors (Lipinski definition) is 2. The van der Waals surface area contributed by atoms with Crippen molar-refractivity contribution in [1.29, 1.82) is 0 Å². The van der Waals surface area contributed by atoms with E-state index in [0.29, 0.717) is 24.7 Å². The van der Waals surface area contributed by atoms with Crippen LogP contribution < -0.4 is 5.32 Å². The van der Waals surface area contributed by atoms with Crippen LogP contribution in [0.5, 0.6) is 0 Å². The maximum absolute atomic E-state index is 11.5. The minimum absolute atomic E-state index is 0.412. The van der Waals surface area contributed by atoms with E-state index in [0.717, 1.165) is 19.3 Å². The van der Waals surface area contributed by atoms with Crippen LogP contribution in [0, 0.1) is 0 Å². The molecule has 0 bridgehead atoms. The van der Waals surface area contributed by atoms with E-state index in [1.165, 1.54) is 12.8 Å². The number of nitrogens with zero attached hydrogens (tertiary/aromatic N) is 1. The Balaban J connectivity index is 1.75. The van der Waals surface area contributed by atoms with Crippen LogP contribution in [-0.2, 0) is 4.79 Å². The van der Waals surface area contributed by atoms with Gasteiger partial charge in [-0.15, -0.1) is 0 Å². The van der Waals surface area contributed by atoms with Crippen LogP contribution >= 0.6 is 0 Å². The molecule has 3 aliphatic rings. The first-order valence-electron chi connectivity index (χ1n) is 6.37. The maximum atomic E-state index is 11.5. The molecular weight excluding hydrogens is 204 g/mol. The summed E-state index contributed by atoms with van der Waals surface area (Å²) in [6.45, 7) is 2.86. The Labute approximate surface area is 96.0 Å². The zero-order valence-electron chi connectivity index (χ0n) is 9.78. The molecule has 0 aromatic heterocycles. The predicted molar refractivity (Wildman–Crippen MR) is 60.3 cm³/mol. The molecule has 0 aromatic rings. The smallest absolute Gasteiger partial charge is 0.325 e. The predicted octanol–water partition coefficient (Wildman–Crippen LogP) is 0.818. The van der Waals surface area contributed by atoms with Crippen LogP contribution in [-0.4, -0.2) is 46.2 Å². The standard InChI is InChI=1S/C12H20N2O2/c1-8-6-12(11(15)16,13-9-2-3-9)7-14(8)10-4-5-10/h8-10,13H,2-7H2,1H3,(H,15,16). The summed E-state index contributed by atoms with van der Waals surface area (Å²) >= 11 is 0. The van der Waals surface area contributed by atoms with Gasteiger partial charge in [0.2, 0.25) is 0 Å². The van der Waals surface area contributed by atoms with Crippen LogP contribution in [0.15, 0.2) is 0 Å². The average Bonchev–Trinajstić information content (AvgIpc) is 3.08. The van der Waals surface area contributed by atoms with Crippen LogP contribution in [0.3, 0.4) is 0 Å². The van der Waals surface area contributed by atoms with Crippen LogP contribution in [0.2, 0.25) is 0 Å². The highest BCUT2D eigenvalue weighted by Gasteiger charge is 2.53. The van der Waals surface area contributed by atoms with E-state index in [1.807, 2.05) is 0 Å². The first-order valence-corrected chi connectivity index (χ1v) is 6.37. The van der Waals surface area contributed by atoms with Crippen LogP contribution in [0.4, 0.5) is 0 Å². The summed E-state index contributed by atoms with van der Waals surface area (Å²) in [5.74, 6) is -0.658. The molecule has 2 aliphatic carbocycles. The van der Waals surface area contributed by atoms with Gasteiger partial charge >= 0.3 is 5.97 Å². The second kappa shape index (κ2) is 3.44. The van der Waals surface area contributed by atoms with E-state index in [1.54, 1.807) is 0 Å². The lowest BCUT2D eigenvalue weighted by Crippen LogP contribution is -2.55. The van der Waals surface area contributed by atoms with Gasteiger partial charge in [0.15, 0.2) is 0 Å². The number of likely N-dealkylation sites (tertiary alicyclic amines) is 1. The third-order valence-corrected chi connectivity index (χ3v) is 4.15. The summed E-state index contributed by atoms with van der Waals surface area (Å²) < 4.78 is 0. The SMILES string of the molecule is CC1CC(NC2CC2)(C(=O)O)CN1C1CC1. The van der Waals surface area contributed by atoms with Crippen molar-refractivity contribution in [3.05, 3.63) is 0 Å². The van der Waals surface area contributed by atoms with Crippen molar-refractivity contribution < 1.29 is 9.90 Å². The minimum atomic E-state index is -0.664. The Morgan fingerprint density at radius 3 is 2.56 bits per heavy atom. The molecule has 3 fully saturated rings. The monoisotopic (exact) mass is 224 g/mol. The van der Waals surface area contributed by atoms with Crippen molar-refractivity contribution in [3.8, 4) is 0 Å². The quantitative estimate of drug-likeness (QED) is 0.742. The molecule has 1 saturated heterocycles. The second-order valence-corrected chi connectivity index (χ2v) is 5.76. The molecule has 3 rings (SSSR count). The van der Waals surface area contributed by atoms with Gasteiger partial charge in [0.25, 0.3) is 0 Å². The molecule has 1 heterocycles. The Bertz CT molecular complexity index is 312. The number of carbonyl (C=O) groups is 1. The Hall–Kier alpha value is -0.610. The van der Waals surface area contributed by atoms with Crippen LogP contribution in [0.1, 0.15) is 39.0 Å². The van der Waals surface area contributed by atoms with E-state index in [2.05, 4.69) is 17.1 Å². The Morgan fingerprint density at radius 2 is 2.06 bits per heavy atom. The van der Waals surface area contributed by atoms with Gasteiger partial charge in [-0.05, 0) is 39.0 Å². The van der Waals surface area contributed by atoms with Crippen molar-refractivity contribution in [2.24, 2.45) is 0 Å². The molecule has 2 saturated carbocycles. The van der Waals surface area contributed by atoms with Crippen molar-refractivity contribution >= 4 is 5.97 Å². The lowest BCUT2D eigenvalue weighted by molar-refractivity contribution is -0.144. The third-order valence-electron chi connectivity index (χ3n) is 4.15. The lowest BCUT2D eigenvalue weighted by atomic mass is 9.96. The van der Waals surface area contributed by atoms with Gasteiger partial charge in [0.1, 0.15) is 5.54 Å². The highest BCUT2D eigenvalue weighted by Crippen LogP contribution is 2.38. The lowest BCUT2D eigenvalue weighted by Gasteiger charge is -2.26. The highest BCUT2D eigenvalue weighted by molar-refractivity contribution is 5.80. The van der Waals surface area contributed by atoms with Crippen molar-refractivity contribution in [2.45, 2.75) is 62.7 Å². The largest absolute Gasteiger partial charge is 0.480 e. The average molecular weight is 224 g/mol. The number of hydrogen-bond acceptors (Lipinski definition) is 3. The highest BCUT2D eigenvalue weighted by atomic mass is 16.4. The van der Waals surface area contributed by atoms with Gasteiger partial charge in [-0.25, -0.2) is 0 Å². The molecule has 0 amide bonds. The number of carboxylic acid groups (broad SMARTS) is 1. The van der Waals surface area contributed by atoms with E-state index in [-0.39, 0.29) is 0 Å². The summed E-state index contributed by atoms with van der Waals surface area (Å²) in [6.07, 6.45) is 5.56. The fourth-order valence-electron chi connectivity index (χ4n) is 2.99. The van der Waals surface area contributed by atoms with E-state index in [4.69, 9.17) is 0 Å². The van der Waals surface area contributed by atoms with E-state index < -0.39 is 11.5 Å². The summed E-state index contributed by atoms with van der Waals surface area (Å²) in [5, 5.41) is 12.9. The third kappa shape index (κ3) is 1.74. The molecular formula is C12H20N2O2. The van der Waals surface area contributed by atoms with Crippen molar-refractivity contribution in [1.82, 2.24) is 10.2 Å². The van der Waals surface area contributed by atoms with Crippen molar-refractivity contribution in [2.75, 3.05) is 6.54 Å². The first kappa shape index (κ1) is 10.5. The summed E-state index contributed by atoms with van der Waals surface area (Å²) in [5.41, 5.74) is -0.664. The van der Waals surface area contributed by atoms with Gasteiger partial charge in [-0.1, -0.05) is 0 Å². The number of nitrogens with one attached hydrogen (secondary N) is 1. The molecule has 1 aliphatic heterocycles. The van der Waals surface area contributed by atoms with Gasteiger partial charge < -0.3 is 5.11 Å². The fourth-order valence-corrected chi connectivity index (χ4v) is 2.99. The topological polar surface area (TPSA) is 52.6 Å². The summed E-state index contributed by atoms with van der Waals surface area (Å²) in [7, 11) is 0. The summed E-state index contributed by atoms with van der Waals surface area (Å²) in [4.78, 5) is 13.9.